The van der Waals surface area contributed by atoms with E-state index in [9.17, 15) is 9.59 Å². The Labute approximate surface area is 161 Å². The van der Waals surface area contributed by atoms with Gasteiger partial charge in [0.15, 0.2) is 0 Å². The lowest BCUT2D eigenvalue weighted by Crippen LogP contribution is -2.42. The van der Waals surface area contributed by atoms with E-state index in [1.54, 1.807) is 18.3 Å². The lowest BCUT2D eigenvalue weighted by atomic mass is 10.1. The van der Waals surface area contributed by atoms with Crippen molar-refractivity contribution in [2.45, 2.75) is 6.42 Å². The van der Waals surface area contributed by atoms with E-state index >= 15 is 0 Å². The van der Waals surface area contributed by atoms with Gasteiger partial charge < -0.3 is 14.6 Å². The second-order valence-electron chi connectivity index (χ2n) is 6.54. The number of carbonyl (C=O) groups is 2. The van der Waals surface area contributed by atoms with Crippen LogP contribution in [0, 0.1) is 0 Å². The summed E-state index contributed by atoms with van der Waals surface area (Å²) in [7, 11) is 0. The van der Waals surface area contributed by atoms with Gasteiger partial charge in [-0.1, -0.05) is 18.2 Å². The third-order valence-corrected chi connectivity index (χ3v) is 4.69. The minimum absolute atomic E-state index is 0.165. The third-order valence-electron chi connectivity index (χ3n) is 4.69. The summed E-state index contributed by atoms with van der Waals surface area (Å²) in [6.45, 7) is 2.91. The number of carbonyl (C=O) groups excluding carboxylic acids is 2. The summed E-state index contributed by atoms with van der Waals surface area (Å²) in [6.07, 6.45) is 3.48. The molecule has 1 aliphatic rings. The molecule has 3 heterocycles. The Morgan fingerprint density at radius 2 is 1.93 bits per heavy atom. The number of morpholine rings is 1. The Balaban J connectivity index is 1.31. The van der Waals surface area contributed by atoms with Crippen LogP contribution in [0.4, 0.5) is 5.82 Å². The van der Waals surface area contributed by atoms with Gasteiger partial charge >= 0.3 is 0 Å². The van der Waals surface area contributed by atoms with Crippen LogP contribution in [0.5, 0.6) is 0 Å². The molecule has 0 bridgehead atoms. The summed E-state index contributed by atoms with van der Waals surface area (Å²) < 4.78 is 5.32. The topological polar surface area (TPSA) is 99.4 Å². The van der Waals surface area contributed by atoms with Gasteiger partial charge in [0.05, 0.1) is 25.2 Å². The molecule has 0 aliphatic carbocycles. The van der Waals surface area contributed by atoms with Crippen LogP contribution < -0.4 is 15.8 Å². The molecule has 1 aliphatic heterocycles. The van der Waals surface area contributed by atoms with E-state index in [4.69, 9.17) is 4.74 Å². The zero-order valence-corrected chi connectivity index (χ0v) is 15.3. The maximum Gasteiger partial charge on any atom is 0.271 e. The standard InChI is InChI=1S/C20H21N5O3/c26-19(11-15-13-21-17-4-2-1-3-16(15)17)23-24-20(27)14-5-6-18(22-12-14)25-7-9-28-10-8-25/h1-6,12-13,21H,7-11H2,(H,23,26)(H,24,27). The van der Waals surface area contributed by atoms with Gasteiger partial charge in [-0.15, -0.1) is 0 Å². The van der Waals surface area contributed by atoms with Crippen molar-refractivity contribution in [1.82, 2.24) is 20.8 Å². The number of benzene rings is 1. The van der Waals surface area contributed by atoms with Gasteiger partial charge in [-0.2, -0.15) is 0 Å². The molecule has 4 rings (SSSR count). The molecule has 2 aromatic heterocycles. The van der Waals surface area contributed by atoms with Gasteiger partial charge in [0.1, 0.15) is 5.82 Å². The number of nitrogens with one attached hydrogen (secondary N) is 3. The molecule has 3 N–H and O–H groups in total. The van der Waals surface area contributed by atoms with Gasteiger partial charge in [0, 0.05) is 36.4 Å². The van der Waals surface area contributed by atoms with Crippen molar-refractivity contribution in [3.8, 4) is 0 Å². The number of para-hydroxylation sites is 1. The highest BCUT2D eigenvalue weighted by Gasteiger charge is 2.14. The molecule has 1 saturated heterocycles. The quantitative estimate of drug-likeness (QED) is 0.595. The summed E-state index contributed by atoms with van der Waals surface area (Å²) in [5, 5.41) is 0.992. The highest BCUT2D eigenvalue weighted by atomic mass is 16.5. The number of hydrogen-bond acceptors (Lipinski definition) is 5. The van der Waals surface area contributed by atoms with Gasteiger partial charge in [0.2, 0.25) is 5.91 Å². The fourth-order valence-corrected chi connectivity index (χ4v) is 3.19. The number of hydrazine groups is 1. The smallest absolute Gasteiger partial charge is 0.271 e. The summed E-state index contributed by atoms with van der Waals surface area (Å²) in [5.41, 5.74) is 7.12. The highest BCUT2D eigenvalue weighted by molar-refractivity contribution is 5.96. The SMILES string of the molecule is O=C(Cc1c[nH]c2ccccc12)NNC(=O)c1ccc(N2CCOCC2)nc1. The number of anilines is 1. The molecule has 0 spiro atoms. The van der Waals surface area contributed by atoms with E-state index in [0.717, 1.165) is 35.4 Å². The number of H-pyrrole nitrogens is 1. The summed E-state index contributed by atoms with van der Waals surface area (Å²) in [4.78, 5) is 34.0. The molecule has 3 aromatic rings. The van der Waals surface area contributed by atoms with Gasteiger partial charge in [0.25, 0.3) is 5.91 Å². The average molecular weight is 379 g/mol. The normalized spacial score (nSPS) is 14.1. The Morgan fingerprint density at radius 3 is 2.71 bits per heavy atom. The zero-order chi connectivity index (χ0) is 19.3. The van der Waals surface area contributed by atoms with E-state index in [1.807, 2.05) is 24.3 Å². The number of hydrogen-bond donors (Lipinski definition) is 3. The number of rotatable bonds is 4. The first-order valence-corrected chi connectivity index (χ1v) is 9.13. The molecule has 1 aromatic carbocycles. The summed E-state index contributed by atoms with van der Waals surface area (Å²) in [6, 6.07) is 11.3. The molecule has 1 fully saturated rings. The van der Waals surface area contributed by atoms with Gasteiger partial charge in [-0.25, -0.2) is 4.98 Å². The van der Waals surface area contributed by atoms with Crippen molar-refractivity contribution in [2.75, 3.05) is 31.2 Å². The van der Waals surface area contributed by atoms with Crippen LogP contribution in [0.2, 0.25) is 0 Å². The second-order valence-corrected chi connectivity index (χ2v) is 6.54. The number of aromatic amines is 1. The molecule has 8 nitrogen and oxygen atoms in total. The Kier molecular flexibility index (Phi) is 5.20. The molecule has 0 radical (unpaired) electrons. The Bertz CT molecular complexity index is 977. The maximum atomic E-state index is 12.2. The molecule has 2 amide bonds. The number of aromatic nitrogens is 2. The van der Waals surface area contributed by atoms with Crippen LogP contribution in [-0.4, -0.2) is 48.1 Å². The maximum absolute atomic E-state index is 12.2. The van der Waals surface area contributed by atoms with E-state index in [0.29, 0.717) is 18.8 Å². The van der Waals surface area contributed by atoms with E-state index < -0.39 is 5.91 Å². The van der Waals surface area contributed by atoms with Crippen molar-refractivity contribution in [2.24, 2.45) is 0 Å². The molecule has 144 valence electrons. The summed E-state index contributed by atoms with van der Waals surface area (Å²) in [5.74, 6) is 0.104. The molecule has 8 heteroatoms. The first-order valence-electron chi connectivity index (χ1n) is 9.13. The van der Waals surface area contributed by atoms with Crippen LogP contribution in [0.1, 0.15) is 15.9 Å². The number of ether oxygens (including phenoxy) is 1. The number of pyridine rings is 1. The van der Waals surface area contributed by atoms with Crippen molar-refractivity contribution < 1.29 is 14.3 Å². The van der Waals surface area contributed by atoms with Crippen molar-refractivity contribution in [3.05, 3.63) is 59.9 Å². The minimum atomic E-state index is -0.409. The molecular weight excluding hydrogens is 358 g/mol. The number of nitrogens with zero attached hydrogens (tertiary/aromatic N) is 2. The minimum Gasteiger partial charge on any atom is -0.378 e. The van der Waals surface area contributed by atoms with Crippen molar-refractivity contribution >= 4 is 28.5 Å². The van der Waals surface area contributed by atoms with Crippen LogP contribution in [0.15, 0.2) is 48.8 Å². The van der Waals surface area contributed by atoms with Crippen LogP contribution >= 0.6 is 0 Å². The largest absolute Gasteiger partial charge is 0.378 e. The Morgan fingerprint density at radius 1 is 1.11 bits per heavy atom. The lowest BCUT2D eigenvalue weighted by molar-refractivity contribution is -0.121. The van der Waals surface area contributed by atoms with Crippen LogP contribution in [0.25, 0.3) is 10.9 Å². The van der Waals surface area contributed by atoms with Crippen LogP contribution in [0.3, 0.4) is 0 Å². The molecule has 0 unspecified atom stereocenters. The zero-order valence-electron chi connectivity index (χ0n) is 15.3. The van der Waals surface area contributed by atoms with Crippen LogP contribution in [-0.2, 0) is 16.0 Å². The predicted molar refractivity (Wildman–Crippen MR) is 105 cm³/mol. The number of fused-ring (bicyclic) bond motifs is 1. The Hall–Kier alpha value is -3.39. The van der Waals surface area contributed by atoms with E-state index in [-0.39, 0.29) is 12.3 Å². The monoisotopic (exact) mass is 379 g/mol. The first-order chi connectivity index (χ1) is 13.7. The molecular formula is C20H21N5O3. The average Bonchev–Trinajstić information content (AvgIpc) is 3.15. The fraction of sp³-hybridized carbons (Fsp3) is 0.250. The summed E-state index contributed by atoms with van der Waals surface area (Å²) >= 11 is 0. The second kappa shape index (κ2) is 8.10. The molecule has 28 heavy (non-hydrogen) atoms. The van der Waals surface area contributed by atoms with Crippen molar-refractivity contribution in [3.63, 3.8) is 0 Å². The van der Waals surface area contributed by atoms with Crippen molar-refractivity contribution in [1.29, 1.82) is 0 Å². The van der Waals surface area contributed by atoms with Gasteiger partial charge in [-0.3, -0.25) is 20.4 Å². The number of amides is 2. The first kappa shape index (κ1) is 18.0. The lowest BCUT2D eigenvalue weighted by Gasteiger charge is -2.27. The third kappa shape index (κ3) is 3.96. The van der Waals surface area contributed by atoms with E-state index in [1.165, 1.54) is 6.20 Å². The predicted octanol–water partition coefficient (Wildman–Crippen LogP) is 1.40. The highest BCUT2D eigenvalue weighted by Crippen LogP contribution is 2.18. The van der Waals surface area contributed by atoms with E-state index in [2.05, 4.69) is 25.7 Å². The van der Waals surface area contributed by atoms with Gasteiger partial charge in [-0.05, 0) is 23.8 Å². The molecule has 0 atom stereocenters. The molecule has 0 saturated carbocycles. The fourth-order valence-electron chi connectivity index (χ4n) is 3.19.